The fraction of sp³-hybridized carbons (Fsp3) is 0.130. The number of phenols is 1. The summed E-state index contributed by atoms with van der Waals surface area (Å²) in [7, 11) is 1.65. The van der Waals surface area contributed by atoms with Crippen LogP contribution >= 0.6 is 0 Å². The number of nitrogens with zero attached hydrogens (tertiary/aromatic N) is 2. The molecule has 0 aliphatic heterocycles. The van der Waals surface area contributed by atoms with Gasteiger partial charge in [0.05, 0.1) is 6.61 Å². The van der Waals surface area contributed by atoms with Gasteiger partial charge in [0.15, 0.2) is 11.6 Å². The number of aromatic hydroxyl groups is 1. The molecule has 0 amide bonds. The lowest BCUT2D eigenvalue weighted by molar-refractivity contribution is 0.185. The molecule has 0 saturated heterocycles. The molecule has 0 unspecified atom stereocenters. The maximum Gasteiger partial charge on any atom is 0.258 e. The fourth-order valence-corrected chi connectivity index (χ4v) is 3.24. The third-order valence-corrected chi connectivity index (χ3v) is 4.72. The van der Waals surface area contributed by atoms with Crippen molar-refractivity contribution in [2.75, 3.05) is 7.11 Å². The van der Waals surface area contributed by atoms with E-state index in [1.54, 1.807) is 7.11 Å². The van der Waals surface area contributed by atoms with E-state index < -0.39 is 11.6 Å². The lowest BCUT2D eigenvalue weighted by atomic mass is 9.94. The minimum atomic E-state index is -0.737. The Morgan fingerprint density at radius 2 is 1.79 bits per heavy atom. The molecule has 0 aliphatic carbocycles. The van der Waals surface area contributed by atoms with Crippen LogP contribution in [0.5, 0.6) is 5.75 Å². The molecule has 0 spiro atoms. The highest BCUT2D eigenvalue weighted by Gasteiger charge is 2.15. The number of methoxy groups -OCH3 is 1. The van der Waals surface area contributed by atoms with Crippen LogP contribution in [0.25, 0.3) is 34.0 Å². The summed E-state index contributed by atoms with van der Waals surface area (Å²) in [5.41, 5.74) is 5.55. The summed E-state index contributed by atoms with van der Waals surface area (Å²) in [6.45, 7) is 2.50. The zero-order valence-corrected chi connectivity index (χ0v) is 16.0. The number of halogens is 1. The van der Waals surface area contributed by atoms with Gasteiger partial charge in [-0.25, -0.2) is 4.39 Å². The van der Waals surface area contributed by atoms with Crippen molar-refractivity contribution in [1.29, 1.82) is 0 Å². The minimum absolute atomic E-state index is 0.246. The van der Waals surface area contributed by atoms with Crippen molar-refractivity contribution in [3.05, 3.63) is 77.6 Å². The van der Waals surface area contributed by atoms with Crippen molar-refractivity contribution >= 4 is 0 Å². The van der Waals surface area contributed by atoms with Gasteiger partial charge in [0.2, 0.25) is 5.82 Å². The van der Waals surface area contributed by atoms with Crippen molar-refractivity contribution in [1.82, 2.24) is 10.1 Å². The highest BCUT2D eigenvalue weighted by Crippen LogP contribution is 2.32. The second-order valence-corrected chi connectivity index (χ2v) is 6.71. The van der Waals surface area contributed by atoms with Crippen LogP contribution in [0, 0.1) is 12.7 Å². The summed E-state index contributed by atoms with van der Waals surface area (Å²) in [6.07, 6.45) is 0. The Morgan fingerprint density at radius 1 is 1.00 bits per heavy atom. The summed E-state index contributed by atoms with van der Waals surface area (Å²) >= 11 is 0. The number of ether oxygens (including phenoxy) is 1. The van der Waals surface area contributed by atoms with Crippen molar-refractivity contribution in [2.24, 2.45) is 0 Å². The fourth-order valence-electron chi connectivity index (χ4n) is 3.24. The molecule has 1 N–H and O–H groups in total. The Balaban J connectivity index is 1.73. The van der Waals surface area contributed by atoms with Gasteiger partial charge in [0.1, 0.15) is 0 Å². The van der Waals surface area contributed by atoms with Gasteiger partial charge in [-0.15, -0.1) is 0 Å². The first-order valence-electron chi connectivity index (χ1n) is 9.07. The van der Waals surface area contributed by atoms with Gasteiger partial charge in [0.25, 0.3) is 5.89 Å². The molecule has 5 nitrogen and oxygen atoms in total. The summed E-state index contributed by atoms with van der Waals surface area (Å²) in [5, 5.41) is 13.3. The number of hydrogen-bond donors (Lipinski definition) is 1. The lowest BCUT2D eigenvalue weighted by Crippen LogP contribution is -1.95. The first-order chi connectivity index (χ1) is 14.1. The highest BCUT2D eigenvalue weighted by molar-refractivity contribution is 5.74. The second kappa shape index (κ2) is 7.85. The van der Waals surface area contributed by atoms with E-state index in [0.29, 0.717) is 18.1 Å². The minimum Gasteiger partial charge on any atom is -0.505 e. The molecule has 1 aromatic heterocycles. The summed E-state index contributed by atoms with van der Waals surface area (Å²) in [4.78, 5) is 4.38. The Bertz CT molecular complexity index is 1170. The number of phenolic OH excluding ortho intramolecular Hbond substituents is 1. The molecule has 0 radical (unpaired) electrons. The number of benzene rings is 3. The van der Waals surface area contributed by atoms with E-state index in [9.17, 15) is 9.50 Å². The summed E-state index contributed by atoms with van der Waals surface area (Å²) in [5.74, 6) is -0.593. The van der Waals surface area contributed by atoms with E-state index in [0.717, 1.165) is 22.3 Å². The van der Waals surface area contributed by atoms with Crippen molar-refractivity contribution in [3.8, 4) is 39.7 Å². The average Bonchev–Trinajstić information content (AvgIpc) is 3.21. The summed E-state index contributed by atoms with van der Waals surface area (Å²) in [6, 6.07) is 18.0. The predicted octanol–water partition coefficient (Wildman–Crippen LogP) is 5.37. The van der Waals surface area contributed by atoms with Crippen molar-refractivity contribution in [2.45, 2.75) is 13.5 Å². The largest absolute Gasteiger partial charge is 0.505 e. The number of aryl methyl sites for hydroxylation is 1. The molecule has 0 fully saturated rings. The second-order valence-electron chi connectivity index (χ2n) is 6.71. The third-order valence-electron chi connectivity index (χ3n) is 4.72. The van der Waals surface area contributed by atoms with E-state index in [-0.39, 0.29) is 5.82 Å². The van der Waals surface area contributed by atoms with Crippen LogP contribution in [0.2, 0.25) is 0 Å². The first kappa shape index (κ1) is 18.8. The highest BCUT2D eigenvalue weighted by atomic mass is 19.1. The van der Waals surface area contributed by atoms with Crippen molar-refractivity contribution in [3.63, 3.8) is 0 Å². The predicted molar refractivity (Wildman–Crippen MR) is 108 cm³/mol. The molecule has 0 bridgehead atoms. The van der Waals surface area contributed by atoms with E-state index in [1.807, 2.05) is 30.3 Å². The Labute approximate surface area is 167 Å². The zero-order chi connectivity index (χ0) is 20.4. The molecular weight excluding hydrogens is 371 g/mol. The SMILES string of the molecule is COCc1cc(-c2nc(-c3ccc(O)c(F)c3)no2)ccc1-c1ccccc1C. The molecule has 29 heavy (non-hydrogen) atoms. The number of hydrogen-bond acceptors (Lipinski definition) is 5. The van der Waals surface area contributed by atoms with Gasteiger partial charge in [-0.05, 0) is 59.5 Å². The van der Waals surface area contributed by atoms with Gasteiger partial charge >= 0.3 is 0 Å². The Hall–Kier alpha value is -3.51. The molecule has 4 aromatic rings. The van der Waals surface area contributed by atoms with E-state index in [1.165, 1.54) is 23.8 Å². The molecule has 0 aliphatic rings. The smallest absolute Gasteiger partial charge is 0.258 e. The van der Waals surface area contributed by atoms with Crippen LogP contribution in [-0.4, -0.2) is 22.4 Å². The quantitative estimate of drug-likeness (QED) is 0.496. The van der Waals surface area contributed by atoms with E-state index in [2.05, 4.69) is 29.2 Å². The molecule has 3 aromatic carbocycles. The maximum atomic E-state index is 13.6. The van der Waals surface area contributed by atoms with E-state index in [4.69, 9.17) is 9.26 Å². The first-order valence-corrected chi connectivity index (χ1v) is 9.07. The molecule has 1 heterocycles. The van der Waals surface area contributed by atoms with Crippen LogP contribution in [0.15, 0.2) is 65.2 Å². The molecule has 146 valence electrons. The topological polar surface area (TPSA) is 68.4 Å². The Kier molecular flexibility index (Phi) is 5.10. The monoisotopic (exact) mass is 390 g/mol. The standard InChI is InChI=1S/C23H19FN2O3/c1-14-5-3-4-6-18(14)19-9-7-16(11-17(19)13-28-2)23-25-22(26-29-23)15-8-10-21(27)20(24)12-15/h3-12,27H,13H2,1-2H3. The molecule has 0 atom stereocenters. The molecule has 6 heteroatoms. The summed E-state index contributed by atoms with van der Waals surface area (Å²) < 4.78 is 24.4. The Morgan fingerprint density at radius 3 is 2.55 bits per heavy atom. The number of aromatic nitrogens is 2. The van der Waals surface area contributed by atoms with Crippen LogP contribution < -0.4 is 0 Å². The van der Waals surface area contributed by atoms with Crippen LogP contribution in [0.4, 0.5) is 4.39 Å². The van der Waals surface area contributed by atoms with Gasteiger partial charge < -0.3 is 14.4 Å². The molecular formula is C23H19FN2O3. The van der Waals surface area contributed by atoms with Gasteiger partial charge in [0, 0.05) is 18.2 Å². The van der Waals surface area contributed by atoms with Gasteiger partial charge in [-0.1, -0.05) is 35.5 Å². The zero-order valence-electron chi connectivity index (χ0n) is 16.0. The average molecular weight is 390 g/mol. The third kappa shape index (κ3) is 3.75. The molecule has 4 rings (SSSR count). The molecule has 0 saturated carbocycles. The number of rotatable bonds is 5. The van der Waals surface area contributed by atoms with Crippen LogP contribution in [0.1, 0.15) is 11.1 Å². The lowest BCUT2D eigenvalue weighted by Gasteiger charge is -2.12. The van der Waals surface area contributed by atoms with Crippen LogP contribution in [0.3, 0.4) is 0 Å². The van der Waals surface area contributed by atoms with Crippen molar-refractivity contribution < 1.29 is 18.8 Å². The maximum absolute atomic E-state index is 13.6. The normalized spacial score (nSPS) is 11.0. The van der Waals surface area contributed by atoms with Gasteiger partial charge in [-0.3, -0.25) is 0 Å². The van der Waals surface area contributed by atoms with Crippen LogP contribution in [-0.2, 0) is 11.3 Å². The van der Waals surface area contributed by atoms with Gasteiger partial charge in [-0.2, -0.15) is 4.98 Å². The van der Waals surface area contributed by atoms with E-state index >= 15 is 0 Å².